The Labute approximate surface area is 81.2 Å². The standard InChI is InChI=1S/C10H11BrO/c1-8(2)7-12-10-5-3-9(11)4-6-10/h3-6H,1,7H2,2H3. The van der Waals surface area contributed by atoms with Crippen LogP contribution in [-0.2, 0) is 0 Å². The molecule has 0 aromatic heterocycles. The summed E-state index contributed by atoms with van der Waals surface area (Å²) in [5, 5.41) is 0. The molecule has 0 saturated heterocycles. The van der Waals surface area contributed by atoms with Crippen molar-refractivity contribution < 1.29 is 4.74 Å². The van der Waals surface area contributed by atoms with Gasteiger partial charge >= 0.3 is 0 Å². The first-order valence-electron chi connectivity index (χ1n) is 3.71. The molecule has 0 unspecified atom stereocenters. The Morgan fingerprint density at radius 3 is 2.50 bits per heavy atom. The Kier molecular flexibility index (Phi) is 3.35. The quantitative estimate of drug-likeness (QED) is 0.719. The molecule has 0 spiro atoms. The fourth-order valence-corrected chi connectivity index (χ4v) is 1.00. The first-order chi connectivity index (χ1) is 5.68. The van der Waals surface area contributed by atoms with Crippen LogP contribution >= 0.6 is 15.9 Å². The van der Waals surface area contributed by atoms with Crippen molar-refractivity contribution in [3.8, 4) is 5.75 Å². The van der Waals surface area contributed by atoms with Gasteiger partial charge in [0.15, 0.2) is 0 Å². The summed E-state index contributed by atoms with van der Waals surface area (Å²) in [6.07, 6.45) is 0. The number of hydrogen-bond donors (Lipinski definition) is 0. The number of ether oxygens (including phenoxy) is 1. The van der Waals surface area contributed by atoms with Crippen molar-refractivity contribution in [1.29, 1.82) is 0 Å². The Morgan fingerprint density at radius 2 is 2.00 bits per heavy atom. The maximum atomic E-state index is 5.40. The van der Waals surface area contributed by atoms with E-state index in [1.54, 1.807) is 0 Å². The van der Waals surface area contributed by atoms with E-state index in [2.05, 4.69) is 22.5 Å². The second-order valence-corrected chi connectivity index (χ2v) is 3.62. The van der Waals surface area contributed by atoms with Crippen LogP contribution in [0.1, 0.15) is 6.92 Å². The van der Waals surface area contributed by atoms with Crippen molar-refractivity contribution in [3.05, 3.63) is 40.9 Å². The van der Waals surface area contributed by atoms with Gasteiger partial charge in [-0.05, 0) is 36.8 Å². The van der Waals surface area contributed by atoms with Crippen molar-refractivity contribution in [3.63, 3.8) is 0 Å². The van der Waals surface area contributed by atoms with E-state index in [9.17, 15) is 0 Å². The first-order valence-corrected chi connectivity index (χ1v) is 4.50. The molecular formula is C10H11BrO. The molecule has 12 heavy (non-hydrogen) atoms. The van der Waals surface area contributed by atoms with Gasteiger partial charge in [0.1, 0.15) is 12.4 Å². The monoisotopic (exact) mass is 226 g/mol. The summed E-state index contributed by atoms with van der Waals surface area (Å²) in [6, 6.07) is 7.75. The van der Waals surface area contributed by atoms with Crippen LogP contribution in [0, 0.1) is 0 Å². The molecule has 0 heterocycles. The Hall–Kier alpha value is -0.760. The minimum Gasteiger partial charge on any atom is -0.489 e. The van der Waals surface area contributed by atoms with Crippen LogP contribution in [0.25, 0.3) is 0 Å². The smallest absolute Gasteiger partial charge is 0.119 e. The van der Waals surface area contributed by atoms with Crippen molar-refractivity contribution >= 4 is 15.9 Å². The zero-order valence-electron chi connectivity index (χ0n) is 7.01. The molecule has 1 aromatic rings. The summed E-state index contributed by atoms with van der Waals surface area (Å²) in [4.78, 5) is 0. The molecule has 0 aliphatic heterocycles. The van der Waals surface area contributed by atoms with E-state index in [-0.39, 0.29) is 0 Å². The summed E-state index contributed by atoms with van der Waals surface area (Å²) in [7, 11) is 0. The topological polar surface area (TPSA) is 9.23 Å². The molecule has 0 radical (unpaired) electrons. The van der Waals surface area contributed by atoms with Gasteiger partial charge in [-0.3, -0.25) is 0 Å². The summed E-state index contributed by atoms with van der Waals surface area (Å²) in [6.45, 7) is 6.28. The number of halogens is 1. The van der Waals surface area contributed by atoms with Crippen LogP contribution in [-0.4, -0.2) is 6.61 Å². The zero-order valence-corrected chi connectivity index (χ0v) is 8.60. The van der Waals surface area contributed by atoms with E-state index >= 15 is 0 Å². The Bertz CT molecular complexity index is 264. The minimum atomic E-state index is 0.585. The highest BCUT2D eigenvalue weighted by atomic mass is 79.9. The first kappa shape index (κ1) is 9.33. The molecule has 1 nitrogen and oxygen atoms in total. The molecule has 0 bridgehead atoms. The van der Waals surface area contributed by atoms with Gasteiger partial charge in [0, 0.05) is 4.47 Å². The Morgan fingerprint density at radius 1 is 1.42 bits per heavy atom. The molecule has 1 aromatic carbocycles. The van der Waals surface area contributed by atoms with E-state index in [1.807, 2.05) is 31.2 Å². The third-order valence-corrected chi connectivity index (χ3v) is 1.83. The lowest BCUT2D eigenvalue weighted by atomic mass is 10.3. The van der Waals surface area contributed by atoms with Crippen LogP contribution in [0.4, 0.5) is 0 Å². The second kappa shape index (κ2) is 4.31. The predicted octanol–water partition coefficient (Wildman–Crippen LogP) is 3.40. The van der Waals surface area contributed by atoms with Crippen molar-refractivity contribution in [1.82, 2.24) is 0 Å². The molecule has 0 N–H and O–H groups in total. The van der Waals surface area contributed by atoms with Crippen LogP contribution in [0.3, 0.4) is 0 Å². The molecule has 64 valence electrons. The summed E-state index contributed by atoms with van der Waals surface area (Å²) < 4.78 is 6.46. The summed E-state index contributed by atoms with van der Waals surface area (Å²) >= 11 is 3.35. The number of benzene rings is 1. The van der Waals surface area contributed by atoms with E-state index in [4.69, 9.17) is 4.74 Å². The van der Waals surface area contributed by atoms with E-state index in [1.165, 1.54) is 0 Å². The van der Waals surface area contributed by atoms with E-state index < -0.39 is 0 Å². The highest BCUT2D eigenvalue weighted by Gasteiger charge is 1.92. The largest absolute Gasteiger partial charge is 0.489 e. The van der Waals surface area contributed by atoms with Gasteiger partial charge in [-0.2, -0.15) is 0 Å². The molecule has 0 atom stereocenters. The lowest BCUT2D eigenvalue weighted by Crippen LogP contribution is -1.96. The fourth-order valence-electron chi connectivity index (χ4n) is 0.737. The van der Waals surface area contributed by atoms with Crippen LogP contribution in [0.15, 0.2) is 40.9 Å². The lowest BCUT2D eigenvalue weighted by molar-refractivity contribution is 0.352. The third kappa shape index (κ3) is 3.09. The molecule has 2 heteroatoms. The van der Waals surface area contributed by atoms with Crippen molar-refractivity contribution in [2.24, 2.45) is 0 Å². The van der Waals surface area contributed by atoms with Gasteiger partial charge in [-0.25, -0.2) is 0 Å². The fraction of sp³-hybridized carbons (Fsp3) is 0.200. The maximum absolute atomic E-state index is 5.40. The predicted molar refractivity (Wildman–Crippen MR) is 54.5 cm³/mol. The second-order valence-electron chi connectivity index (χ2n) is 2.70. The lowest BCUT2D eigenvalue weighted by Gasteiger charge is -2.04. The van der Waals surface area contributed by atoms with Gasteiger partial charge < -0.3 is 4.74 Å². The summed E-state index contributed by atoms with van der Waals surface area (Å²) in [5.74, 6) is 0.876. The van der Waals surface area contributed by atoms with Gasteiger partial charge in [-0.1, -0.05) is 22.5 Å². The minimum absolute atomic E-state index is 0.585. The van der Waals surface area contributed by atoms with Crippen LogP contribution in [0.2, 0.25) is 0 Å². The molecular weight excluding hydrogens is 216 g/mol. The zero-order chi connectivity index (χ0) is 8.97. The van der Waals surface area contributed by atoms with Gasteiger partial charge in [0.2, 0.25) is 0 Å². The SMILES string of the molecule is C=C(C)COc1ccc(Br)cc1. The van der Waals surface area contributed by atoms with Gasteiger partial charge in [0.05, 0.1) is 0 Å². The summed E-state index contributed by atoms with van der Waals surface area (Å²) in [5.41, 5.74) is 1.03. The van der Waals surface area contributed by atoms with Crippen LogP contribution < -0.4 is 4.74 Å². The van der Waals surface area contributed by atoms with Crippen molar-refractivity contribution in [2.45, 2.75) is 6.92 Å². The molecule has 0 fully saturated rings. The van der Waals surface area contributed by atoms with Crippen molar-refractivity contribution in [2.75, 3.05) is 6.61 Å². The molecule has 1 rings (SSSR count). The third-order valence-electron chi connectivity index (χ3n) is 1.30. The number of rotatable bonds is 3. The highest BCUT2D eigenvalue weighted by Crippen LogP contribution is 2.16. The van der Waals surface area contributed by atoms with Gasteiger partial charge in [0.25, 0.3) is 0 Å². The molecule has 0 saturated carbocycles. The highest BCUT2D eigenvalue weighted by molar-refractivity contribution is 9.10. The van der Waals surface area contributed by atoms with Gasteiger partial charge in [-0.15, -0.1) is 0 Å². The molecule has 0 aliphatic carbocycles. The van der Waals surface area contributed by atoms with E-state index in [0.717, 1.165) is 15.8 Å². The maximum Gasteiger partial charge on any atom is 0.119 e. The van der Waals surface area contributed by atoms with Crippen LogP contribution in [0.5, 0.6) is 5.75 Å². The average molecular weight is 227 g/mol. The average Bonchev–Trinajstić information content (AvgIpc) is 2.03. The molecule has 0 amide bonds. The van der Waals surface area contributed by atoms with E-state index in [0.29, 0.717) is 6.61 Å². The molecule has 0 aliphatic rings. The Balaban J connectivity index is 2.53. The normalized spacial score (nSPS) is 9.50. The number of hydrogen-bond acceptors (Lipinski definition) is 1.